The Morgan fingerprint density at radius 2 is 1.55 bits per heavy atom. The van der Waals surface area contributed by atoms with Crippen molar-refractivity contribution in [1.29, 1.82) is 0 Å². The van der Waals surface area contributed by atoms with Crippen LogP contribution in [0.2, 0.25) is 0 Å². The Morgan fingerprint density at radius 1 is 0.806 bits per heavy atom. The van der Waals surface area contributed by atoms with Crippen molar-refractivity contribution in [2.75, 3.05) is 7.11 Å². The van der Waals surface area contributed by atoms with Crippen LogP contribution in [0.15, 0.2) is 60.7 Å². The number of aromatic nitrogens is 1. The Hall–Kier alpha value is -2.40. The van der Waals surface area contributed by atoms with Gasteiger partial charge in [-0.15, -0.1) is 22.7 Å². The van der Waals surface area contributed by atoms with Crippen LogP contribution >= 0.6 is 22.7 Å². The van der Waals surface area contributed by atoms with Crippen molar-refractivity contribution in [2.24, 2.45) is 0 Å². The van der Waals surface area contributed by atoms with Crippen LogP contribution in [0.3, 0.4) is 0 Å². The lowest BCUT2D eigenvalue weighted by molar-refractivity contribution is 0.0420. The summed E-state index contributed by atoms with van der Waals surface area (Å²) >= 11 is 3.86. The van der Waals surface area contributed by atoms with Crippen molar-refractivity contribution < 1.29 is 4.74 Å². The Bertz CT molecular complexity index is 1550. The summed E-state index contributed by atoms with van der Waals surface area (Å²) in [7, 11) is 1.87. The molecule has 156 valence electrons. The van der Waals surface area contributed by atoms with Crippen molar-refractivity contribution in [3.63, 3.8) is 0 Å². The first-order chi connectivity index (χ1) is 15.3. The van der Waals surface area contributed by atoms with Crippen molar-refractivity contribution in [2.45, 2.75) is 38.8 Å². The van der Waals surface area contributed by atoms with E-state index in [1.54, 1.807) is 0 Å². The lowest BCUT2D eigenvalue weighted by atomic mass is 10.1. The maximum absolute atomic E-state index is 6.18. The summed E-state index contributed by atoms with van der Waals surface area (Å²) in [4.78, 5) is 0. The summed E-state index contributed by atoms with van der Waals surface area (Å²) in [5.41, 5.74) is 2.70. The summed E-state index contributed by atoms with van der Waals surface area (Å²) in [6.07, 6.45) is 4.73. The molecule has 2 nitrogen and oxygen atoms in total. The Balaban J connectivity index is 1.78. The highest BCUT2D eigenvalue weighted by molar-refractivity contribution is 7.33. The second-order valence-electron chi connectivity index (χ2n) is 8.27. The number of rotatable bonds is 6. The van der Waals surface area contributed by atoms with Crippen LogP contribution in [0.5, 0.6) is 0 Å². The van der Waals surface area contributed by atoms with Gasteiger partial charge in [-0.2, -0.15) is 0 Å². The second-order valence-corrected chi connectivity index (χ2v) is 10.4. The van der Waals surface area contributed by atoms with Crippen molar-refractivity contribution in [3.8, 4) is 0 Å². The van der Waals surface area contributed by atoms with Crippen LogP contribution in [0.1, 0.15) is 38.8 Å². The molecule has 31 heavy (non-hydrogen) atoms. The molecule has 3 aromatic carbocycles. The predicted octanol–water partition coefficient (Wildman–Crippen LogP) is 9.10. The molecule has 0 aliphatic rings. The van der Waals surface area contributed by atoms with Gasteiger partial charge in [0.1, 0.15) is 6.23 Å². The van der Waals surface area contributed by atoms with Gasteiger partial charge < -0.3 is 9.30 Å². The largest absolute Gasteiger partial charge is 0.361 e. The lowest BCUT2D eigenvalue weighted by Gasteiger charge is -2.20. The molecule has 0 saturated heterocycles. The van der Waals surface area contributed by atoms with Gasteiger partial charge in [0.25, 0.3) is 0 Å². The zero-order valence-corrected chi connectivity index (χ0v) is 19.5. The van der Waals surface area contributed by atoms with Crippen molar-refractivity contribution in [3.05, 3.63) is 60.7 Å². The van der Waals surface area contributed by atoms with E-state index in [0.29, 0.717) is 0 Å². The zero-order valence-electron chi connectivity index (χ0n) is 17.9. The van der Waals surface area contributed by atoms with Gasteiger partial charge in [-0.25, -0.2) is 0 Å². The first kappa shape index (κ1) is 19.3. The topological polar surface area (TPSA) is 14.2 Å². The van der Waals surface area contributed by atoms with Gasteiger partial charge >= 0.3 is 0 Å². The molecule has 0 fully saturated rings. The Morgan fingerprint density at radius 3 is 2.39 bits per heavy atom. The predicted molar refractivity (Wildman–Crippen MR) is 138 cm³/mol. The molecule has 6 rings (SSSR count). The molecule has 1 atom stereocenters. The van der Waals surface area contributed by atoms with Crippen LogP contribution in [0, 0.1) is 0 Å². The normalized spacial score (nSPS) is 13.4. The van der Waals surface area contributed by atoms with Gasteiger partial charge in [0, 0.05) is 27.3 Å². The van der Waals surface area contributed by atoms with Gasteiger partial charge in [-0.05, 0) is 35.7 Å². The number of fused-ring (bicyclic) bond motifs is 9. The molecule has 0 aliphatic carbocycles. The highest BCUT2D eigenvalue weighted by atomic mass is 32.1. The van der Waals surface area contributed by atoms with Gasteiger partial charge in [0.05, 0.1) is 20.4 Å². The maximum atomic E-state index is 6.18. The van der Waals surface area contributed by atoms with Crippen LogP contribution in [0.25, 0.3) is 51.4 Å². The van der Waals surface area contributed by atoms with Crippen LogP contribution < -0.4 is 0 Å². The smallest absolute Gasteiger partial charge is 0.134 e. The lowest BCUT2D eigenvalue weighted by Crippen LogP contribution is -2.11. The monoisotopic (exact) mass is 443 g/mol. The number of thiophene rings is 2. The van der Waals surface area contributed by atoms with Gasteiger partial charge in [-0.3, -0.25) is 0 Å². The minimum atomic E-state index is 0.0429. The third-order valence-electron chi connectivity index (χ3n) is 6.43. The summed E-state index contributed by atoms with van der Waals surface area (Å²) in [5, 5.41) is 5.36. The number of methoxy groups -OCH3 is 1. The molecule has 0 N–H and O–H groups in total. The third kappa shape index (κ3) is 2.85. The number of benzene rings is 3. The molecule has 4 heteroatoms. The van der Waals surface area contributed by atoms with Gasteiger partial charge in [-0.1, -0.05) is 68.3 Å². The molecule has 6 aromatic rings. The first-order valence-corrected chi connectivity index (χ1v) is 12.7. The molecule has 0 saturated carbocycles. The van der Waals surface area contributed by atoms with E-state index in [1.165, 1.54) is 70.6 Å². The standard InChI is InChI=1S/C27H25NOS2/c1-3-4-5-14-22(29-2)28-24-19-12-8-9-13-20(19)30-26(24)27-25(28)23-18-11-7-6-10-17(18)15-16-21(23)31-27/h6-13,15-16,22H,3-5,14H2,1-2H3. The van der Waals surface area contributed by atoms with E-state index in [2.05, 4.69) is 72.2 Å². The molecule has 1 unspecified atom stereocenters. The fourth-order valence-electron chi connectivity index (χ4n) is 4.98. The van der Waals surface area contributed by atoms with Gasteiger partial charge in [0.2, 0.25) is 0 Å². The second kappa shape index (κ2) is 7.63. The van der Waals surface area contributed by atoms with Crippen LogP contribution in [0.4, 0.5) is 0 Å². The molecule has 0 bridgehead atoms. The fourth-order valence-corrected chi connectivity index (χ4v) is 7.52. The average Bonchev–Trinajstić information content (AvgIpc) is 3.45. The highest BCUT2D eigenvalue weighted by Gasteiger charge is 2.25. The molecule has 3 aromatic heterocycles. The highest BCUT2D eigenvalue weighted by Crippen LogP contribution is 2.49. The maximum Gasteiger partial charge on any atom is 0.134 e. The van der Waals surface area contributed by atoms with E-state index >= 15 is 0 Å². The summed E-state index contributed by atoms with van der Waals surface area (Å²) in [6, 6.07) is 22.2. The van der Waals surface area contributed by atoms with E-state index in [0.717, 1.165) is 6.42 Å². The average molecular weight is 444 g/mol. The Labute approximate surface area is 189 Å². The van der Waals surface area contributed by atoms with E-state index in [1.807, 2.05) is 29.8 Å². The number of ether oxygens (including phenoxy) is 1. The van der Waals surface area contributed by atoms with E-state index in [4.69, 9.17) is 4.74 Å². The molecule has 0 spiro atoms. The quantitative estimate of drug-likeness (QED) is 0.234. The van der Waals surface area contributed by atoms with E-state index in [-0.39, 0.29) is 6.23 Å². The number of hydrogen-bond donors (Lipinski definition) is 0. The fraction of sp³-hybridized carbons (Fsp3) is 0.259. The summed E-state index contributed by atoms with van der Waals surface area (Å²) < 4.78 is 14.2. The molecular formula is C27H25NOS2. The zero-order chi connectivity index (χ0) is 20.9. The summed E-state index contributed by atoms with van der Waals surface area (Å²) in [6.45, 7) is 2.26. The third-order valence-corrected chi connectivity index (χ3v) is 8.90. The van der Waals surface area contributed by atoms with Crippen molar-refractivity contribution in [1.82, 2.24) is 4.57 Å². The van der Waals surface area contributed by atoms with Crippen LogP contribution in [-0.4, -0.2) is 11.7 Å². The Kier molecular flexibility index (Phi) is 4.75. The minimum Gasteiger partial charge on any atom is -0.361 e. The van der Waals surface area contributed by atoms with Crippen molar-refractivity contribution >= 4 is 74.1 Å². The number of nitrogens with zero attached hydrogens (tertiary/aromatic N) is 1. The van der Waals surface area contributed by atoms with E-state index < -0.39 is 0 Å². The minimum absolute atomic E-state index is 0.0429. The summed E-state index contributed by atoms with van der Waals surface area (Å²) in [5.74, 6) is 0. The molecule has 0 amide bonds. The SMILES string of the molecule is CCCCCC(OC)n1c2c3ccccc3sc2c2sc3ccc4ccccc4c3c21. The molecule has 0 aliphatic heterocycles. The van der Waals surface area contributed by atoms with E-state index in [9.17, 15) is 0 Å². The van der Waals surface area contributed by atoms with Gasteiger partial charge in [0.15, 0.2) is 0 Å². The van der Waals surface area contributed by atoms with Crippen LogP contribution in [-0.2, 0) is 4.74 Å². The molecular weight excluding hydrogens is 418 g/mol. The first-order valence-electron chi connectivity index (χ1n) is 11.1. The number of unbranched alkanes of at least 4 members (excludes halogenated alkanes) is 2. The molecule has 3 heterocycles. The number of hydrogen-bond acceptors (Lipinski definition) is 3. The molecule has 0 radical (unpaired) electrons.